The van der Waals surface area contributed by atoms with Gasteiger partial charge in [-0.15, -0.1) is 0 Å². The molecular weight excluding hydrogens is 248 g/mol. The summed E-state index contributed by atoms with van der Waals surface area (Å²) in [6, 6.07) is 3.93. The quantitative estimate of drug-likeness (QED) is 0.785. The molecule has 1 rings (SSSR count). The van der Waals surface area contributed by atoms with Crippen molar-refractivity contribution in [1.29, 1.82) is 0 Å². The minimum Gasteiger partial charge on any atom is -0.382 e. The smallest absolute Gasteiger partial charge is 0.306 e. The third kappa shape index (κ3) is 3.60. The Balaban J connectivity index is 3.29. The molecule has 0 aliphatic carbocycles. The molecule has 0 heterocycles. The molecule has 0 unspecified atom stereocenters. The molecule has 0 saturated carbocycles. The van der Waals surface area contributed by atoms with Crippen molar-refractivity contribution in [2.75, 3.05) is 6.26 Å². The summed E-state index contributed by atoms with van der Waals surface area (Å²) in [4.78, 5) is 0. The summed E-state index contributed by atoms with van der Waals surface area (Å²) in [7, 11) is -3.48. The van der Waals surface area contributed by atoms with E-state index in [1.54, 1.807) is 0 Å². The molecule has 0 fully saturated rings. The second-order valence-corrected chi connectivity index (χ2v) is 5.97. The van der Waals surface area contributed by atoms with Gasteiger partial charge in [0.05, 0.1) is 6.26 Å². The molecular formula is C14H20O3S. The molecule has 0 bridgehead atoms. The van der Waals surface area contributed by atoms with E-state index in [4.69, 9.17) is 4.18 Å². The Morgan fingerprint density at radius 2 is 1.78 bits per heavy atom. The summed E-state index contributed by atoms with van der Waals surface area (Å²) in [5.74, 6) is 0.438. The van der Waals surface area contributed by atoms with Crippen LogP contribution in [0.1, 0.15) is 37.0 Å². The van der Waals surface area contributed by atoms with E-state index in [9.17, 15) is 8.42 Å². The minimum atomic E-state index is -3.48. The second kappa shape index (κ2) is 5.57. The summed E-state index contributed by atoms with van der Waals surface area (Å²) in [6.45, 7) is 7.82. The Hall–Kier alpha value is -1.29. The van der Waals surface area contributed by atoms with Crippen molar-refractivity contribution >= 4 is 15.7 Å². The molecule has 0 aliphatic rings. The topological polar surface area (TPSA) is 43.4 Å². The van der Waals surface area contributed by atoms with Gasteiger partial charge in [-0.05, 0) is 61.6 Å². The molecule has 1 aromatic carbocycles. The van der Waals surface area contributed by atoms with Crippen LogP contribution in [0.2, 0.25) is 0 Å². The lowest BCUT2D eigenvalue weighted by atomic mass is 9.98. The zero-order valence-electron chi connectivity index (χ0n) is 11.6. The van der Waals surface area contributed by atoms with E-state index >= 15 is 0 Å². The van der Waals surface area contributed by atoms with Gasteiger partial charge < -0.3 is 4.18 Å². The summed E-state index contributed by atoms with van der Waals surface area (Å²) >= 11 is 0. The predicted molar refractivity (Wildman–Crippen MR) is 75.3 cm³/mol. The number of hydrogen-bond acceptors (Lipinski definition) is 3. The van der Waals surface area contributed by atoms with Gasteiger partial charge in [0, 0.05) is 0 Å². The molecule has 18 heavy (non-hydrogen) atoms. The molecule has 0 saturated heterocycles. The highest BCUT2D eigenvalue weighted by atomic mass is 32.2. The van der Waals surface area contributed by atoms with E-state index < -0.39 is 10.1 Å². The van der Waals surface area contributed by atoms with Gasteiger partial charge in [0.25, 0.3) is 0 Å². The number of rotatable bonds is 4. The molecule has 1 aromatic rings. The van der Waals surface area contributed by atoms with Crippen molar-refractivity contribution in [2.45, 2.75) is 34.1 Å². The van der Waals surface area contributed by atoms with E-state index in [0.29, 0.717) is 5.75 Å². The van der Waals surface area contributed by atoms with Crippen molar-refractivity contribution < 1.29 is 12.6 Å². The Bertz CT molecular complexity index is 546. The molecule has 4 heteroatoms. The third-order valence-electron chi connectivity index (χ3n) is 2.80. The highest BCUT2D eigenvalue weighted by Gasteiger charge is 2.12. The van der Waals surface area contributed by atoms with Crippen molar-refractivity contribution in [3.05, 3.63) is 34.9 Å². The molecule has 0 amide bonds. The fourth-order valence-electron chi connectivity index (χ4n) is 1.99. The molecule has 0 N–H and O–H groups in total. The Kier molecular flexibility index (Phi) is 4.57. The Labute approximate surface area is 110 Å². The van der Waals surface area contributed by atoms with Crippen LogP contribution in [0.25, 0.3) is 5.57 Å². The van der Waals surface area contributed by atoms with Gasteiger partial charge >= 0.3 is 10.1 Å². The van der Waals surface area contributed by atoms with Gasteiger partial charge in [0.1, 0.15) is 5.75 Å². The van der Waals surface area contributed by atoms with Gasteiger partial charge in [-0.1, -0.05) is 13.0 Å². The summed E-state index contributed by atoms with van der Waals surface area (Å²) < 4.78 is 27.4. The van der Waals surface area contributed by atoms with Gasteiger partial charge in [0.15, 0.2) is 0 Å². The number of aryl methyl sites for hydroxylation is 2. The maximum atomic E-state index is 11.2. The SMILES string of the molecule is C/C=C(/CC)c1cc(C)c(OS(C)(=O)=O)c(C)c1. The lowest BCUT2D eigenvalue weighted by Gasteiger charge is -2.13. The Morgan fingerprint density at radius 1 is 1.28 bits per heavy atom. The molecule has 0 radical (unpaired) electrons. The molecule has 0 aliphatic heterocycles. The van der Waals surface area contributed by atoms with Crippen LogP contribution in [0.4, 0.5) is 0 Å². The maximum absolute atomic E-state index is 11.2. The first kappa shape index (κ1) is 14.8. The summed E-state index contributed by atoms with van der Waals surface area (Å²) in [6.07, 6.45) is 4.08. The van der Waals surface area contributed by atoms with Crippen LogP contribution >= 0.6 is 0 Å². The highest BCUT2D eigenvalue weighted by Crippen LogP contribution is 2.29. The van der Waals surface area contributed by atoms with Gasteiger partial charge in [-0.25, -0.2) is 0 Å². The van der Waals surface area contributed by atoms with Gasteiger partial charge in [-0.3, -0.25) is 0 Å². The van der Waals surface area contributed by atoms with Crippen molar-refractivity contribution in [2.24, 2.45) is 0 Å². The molecule has 100 valence electrons. The fraction of sp³-hybridized carbons (Fsp3) is 0.429. The number of benzene rings is 1. The predicted octanol–water partition coefficient (Wildman–Crippen LogP) is 3.46. The highest BCUT2D eigenvalue weighted by molar-refractivity contribution is 7.86. The van der Waals surface area contributed by atoms with E-state index in [-0.39, 0.29) is 0 Å². The van der Waals surface area contributed by atoms with Gasteiger partial charge in [-0.2, -0.15) is 8.42 Å². The lowest BCUT2D eigenvalue weighted by Crippen LogP contribution is -2.08. The van der Waals surface area contributed by atoms with Crippen molar-refractivity contribution in [3.8, 4) is 5.75 Å². The Morgan fingerprint density at radius 3 is 2.11 bits per heavy atom. The molecule has 0 spiro atoms. The maximum Gasteiger partial charge on any atom is 0.306 e. The van der Waals surface area contributed by atoms with Crippen LogP contribution in [0.5, 0.6) is 5.75 Å². The number of allylic oxidation sites excluding steroid dienone is 2. The minimum absolute atomic E-state index is 0.438. The average Bonchev–Trinajstić information content (AvgIpc) is 2.24. The van der Waals surface area contributed by atoms with Crippen LogP contribution in [0, 0.1) is 13.8 Å². The first-order valence-corrected chi connectivity index (χ1v) is 7.76. The van der Waals surface area contributed by atoms with Crippen molar-refractivity contribution in [1.82, 2.24) is 0 Å². The largest absolute Gasteiger partial charge is 0.382 e. The molecule has 0 aromatic heterocycles. The average molecular weight is 268 g/mol. The zero-order valence-corrected chi connectivity index (χ0v) is 12.4. The van der Waals surface area contributed by atoms with Crippen LogP contribution in [0.15, 0.2) is 18.2 Å². The van der Waals surface area contributed by atoms with E-state index in [1.807, 2.05) is 32.9 Å². The van der Waals surface area contributed by atoms with E-state index in [2.05, 4.69) is 13.0 Å². The standard InChI is InChI=1S/C14H20O3S/c1-6-12(7-2)13-8-10(3)14(11(4)9-13)17-18(5,15)16/h6,8-9H,7H2,1-5H3/b12-6-. The molecule has 3 nitrogen and oxygen atoms in total. The third-order valence-corrected chi connectivity index (χ3v) is 3.26. The summed E-state index contributed by atoms with van der Waals surface area (Å²) in [5.41, 5.74) is 4.04. The second-order valence-electron chi connectivity index (χ2n) is 4.39. The van der Waals surface area contributed by atoms with Crippen molar-refractivity contribution in [3.63, 3.8) is 0 Å². The molecule has 0 atom stereocenters. The van der Waals surface area contributed by atoms with E-state index in [1.165, 1.54) is 5.57 Å². The monoisotopic (exact) mass is 268 g/mol. The zero-order chi connectivity index (χ0) is 13.9. The normalized spacial score (nSPS) is 12.6. The van der Waals surface area contributed by atoms with Crippen LogP contribution < -0.4 is 4.18 Å². The van der Waals surface area contributed by atoms with Crippen LogP contribution in [-0.2, 0) is 10.1 Å². The fourth-order valence-corrected chi connectivity index (χ4v) is 2.56. The first-order chi connectivity index (χ1) is 8.28. The van der Waals surface area contributed by atoms with Crippen LogP contribution in [0.3, 0.4) is 0 Å². The van der Waals surface area contributed by atoms with Gasteiger partial charge in [0.2, 0.25) is 0 Å². The number of hydrogen-bond donors (Lipinski definition) is 0. The first-order valence-electron chi connectivity index (χ1n) is 5.94. The van der Waals surface area contributed by atoms with E-state index in [0.717, 1.165) is 29.4 Å². The summed E-state index contributed by atoms with van der Waals surface area (Å²) in [5, 5.41) is 0. The lowest BCUT2D eigenvalue weighted by molar-refractivity contribution is 0.489. The van der Waals surface area contributed by atoms with Crippen LogP contribution in [-0.4, -0.2) is 14.7 Å².